The topological polar surface area (TPSA) is 103 Å². The lowest BCUT2D eigenvalue weighted by molar-refractivity contribution is -0.128. The molecule has 2 heterocycles. The predicted octanol–water partition coefficient (Wildman–Crippen LogP) is 1.98. The van der Waals surface area contributed by atoms with E-state index in [1.807, 2.05) is 48.5 Å². The quantitative estimate of drug-likeness (QED) is 0.424. The third kappa shape index (κ3) is 3.27. The van der Waals surface area contributed by atoms with E-state index in [-0.39, 0.29) is 24.7 Å². The van der Waals surface area contributed by atoms with Gasteiger partial charge in [0.1, 0.15) is 5.82 Å². The molecular weight excluding hydrogens is 330 g/mol. The van der Waals surface area contributed by atoms with Crippen molar-refractivity contribution in [1.82, 2.24) is 25.8 Å². The number of H-pyrrole nitrogens is 2. The minimum absolute atomic E-state index is 0.0576. The molecule has 0 aliphatic heterocycles. The zero-order valence-corrected chi connectivity index (χ0v) is 13.9. The van der Waals surface area contributed by atoms with Crippen molar-refractivity contribution >= 4 is 33.8 Å². The van der Waals surface area contributed by atoms with Crippen molar-refractivity contribution in [2.75, 3.05) is 0 Å². The molecule has 0 unspecified atom stereocenters. The van der Waals surface area contributed by atoms with Crippen LogP contribution in [0.3, 0.4) is 0 Å². The average Bonchev–Trinajstić information content (AvgIpc) is 3.24. The normalized spacial score (nSPS) is 10.9. The van der Waals surface area contributed by atoms with E-state index in [1.54, 1.807) is 6.20 Å². The van der Waals surface area contributed by atoms with E-state index in [1.165, 1.54) is 0 Å². The number of hydrogen-bond acceptors (Lipinski definition) is 3. The average molecular weight is 347 g/mol. The Hall–Kier alpha value is -3.61. The lowest BCUT2D eigenvalue weighted by Gasteiger charge is -2.06. The summed E-state index contributed by atoms with van der Waals surface area (Å²) < 4.78 is 0. The van der Waals surface area contributed by atoms with Gasteiger partial charge < -0.3 is 9.97 Å². The summed E-state index contributed by atoms with van der Waals surface area (Å²) in [7, 11) is 0. The SMILES string of the molecule is O=C(Cc1nc2ccccc2[nH]1)NNC(=O)Cc1c[nH]c2ccccc12. The number of fused-ring (bicyclic) bond motifs is 2. The molecule has 0 saturated carbocycles. The highest BCUT2D eigenvalue weighted by Gasteiger charge is 2.11. The first-order chi connectivity index (χ1) is 12.7. The van der Waals surface area contributed by atoms with Crippen LogP contribution in [-0.2, 0) is 22.4 Å². The van der Waals surface area contributed by atoms with Gasteiger partial charge in [0.15, 0.2) is 0 Å². The molecule has 0 atom stereocenters. The molecule has 7 nitrogen and oxygen atoms in total. The Morgan fingerprint density at radius 3 is 2.38 bits per heavy atom. The summed E-state index contributed by atoms with van der Waals surface area (Å²) in [5, 5.41) is 0.997. The van der Waals surface area contributed by atoms with Crippen LogP contribution in [0.5, 0.6) is 0 Å². The van der Waals surface area contributed by atoms with Crippen molar-refractivity contribution in [3.63, 3.8) is 0 Å². The maximum absolute atomic E-state index is 12.1. The van der Waals surface area contributed by atoms with Crippen LogP contribution in [0.25, 0.3) is 21.9 Å². The molecule has 0 saturated heterocycles. The number of carbonyl (C=O) groups excluding carboxylic acids is 2. The fraction of sp³-hybridized carbons (Fsp3) is 0.105. The molecule has 0 fully saturated rings. The number of para-hydroxylation sites is 3. The Labute approximate surface area is 148 Å². The Morgan fingerprint density at radius 1 is 0.885 bits per heavy atom. The number of imidazole rings is 1. The maximum Gasteiger partial charge on any atom is 0.245 e. The molecule has 2 amide bonds. The Balaban J connectivity index is 1.33. The lowest BCUT2D eigenvalue weighted by atomic mass is 10.1. The van der Waals surface area contributed by atoms with E-state index in [2.05, 4.69) is 25.8 Å². The molecule has 2 aromatic heterocycles. The molecule has 0 aliphatic rings. The highest BCUT2D eigenvalue weighted by molar-refractivity contribution is 5.90. The second kappa shape index (κ2) is 6.72. The van der Waals surface area contributed by atoms with Crippen molar-refractivity contribution in [2.45, 2.75) is 12.8 Å². The monoisotopic (exact) mass is 347 g/mol. The van der Waals surface area contributed by atoms with E-state index < -0.39 is 0 Å². The van der Waals surface area contributed by atoms with Crippen molar-refractivity contribution in [3.05, 3.63) is 66.1 Å². The number of nitrogens with zero attached hydrogens (tertiary/aromatic N) is 1. The molecule has 26 heavy (non-hydrogen) atoms. The molecule has 0 aliphatic carbocycles. The zero-order chi connectivity index (χ0) is 17.9. The standard InChI is InChI=1S/C19H17N5O2/c25-18(9-12-11-20-14-6-2-1-5-13(12)14)23-24-19(26)10-17-21-15-7-3-4-8-16(15)22-17/h1-8,11,20H,9-10H2,(H,21,22)(H,23,25)(H,24,26). The minimum atomic E-state index is -0.337. The van der Waals surface area contributed by atoms with Crippen LogP contribution < -0.4 is 10.9 Å². The molecule has 4 N–H and O–H groups in total. The van der Waals surface area contributed by atoms with Gasteiger partial charge >= 0.3 is 0 Å². The summed E-state index contributed by atoms with van der Waals surface area (Å²) in [4.78, 5) is 34.7. The summed E-state index contributed by atoms with van der Waals surface area (Å²) in [6.45, 7) is 0. The molecule has 2 aromatic carbocycles. The molecule has 130 valence electrons. The molecule has 4 rings (SSSR count). The van der Waals surface area contributed by atoms with E-state index in [0.29, 0.717) is 5.82 Å². The Kier molecular flexibility index (Phi) is 4.10. The zero-order valence-electron chi connectivity index (χ0n) is 13.9. The second-order valence-electron chi connectivity index (χ2n) is 6.01. The number of amides is 2. The van der Waals surface area contributed by atoms with Gasteiger partial charge in [-0.1, -0.05) is 30.3 Å². The van der Waals surface area contributed by atoms with Gasteiger partial charge in [0.2, 0.25) is 11.8 Å². The van der Waals surface area contributed by atoms with Gasteiger partial charge in [-0.15, -0.1) is 0 Å². The maximum atomic E-state index is 12.1. The minimum Gasteiger partial charge on any atom is -0.361 e. The largest absolute Gasteiger partial charge is 0.361 e. The smallest absolute Gasteiger partial charge is 0.245 e. The summed E-state index contributed by atoms with van der Waals surface area (Å²) in [6.07, 6.45) is 2.04. The fourth-order valence-corrected chi connectivity index (χ4v) is 2.92. The fourth-order valence-electron chi connectivity index (χ4n) is 2.92. The van der Waals surface area contributed by atoms with Crippen molar-refractivity contribution in [3.8, 4) is 0 Å². The van der Waals surface area contributed by atoms with Gasteiger partial charge in [0.25, 0.3) is 0 Å². The number of carbonyl (C=O) groups is 2. The van der Waals surface area contributed by atoms with Crippen molar-refractivity contribution in [2.24, 2.45) is 0 Å². The summed E-state index contributed by atoms with van der Waals surface area (Å²) in [5.74, 6) is -0.0707. The summed E-state index contributed by atoms with van der Waals surface area (Å²) in [5.41, 5.74) is 8.41. The predicted molar refractivity (Wildman–Crippen MR) is 98.1 cm³/mol. The number of rotatable bonds is 4. The first kappa shape index (κ1) is 15.9. The van der Waals surface area contributed by atoms with E-state index in [0.717, 1.165) is 27.5 Å². The van der Waals surface area contributed by atoms with Crippen LogP contribution >= 0.6 is 0 Å². The number of nitrogens with one attached hydrogen (secondary N) is 4. The number of benzene rings is 2. The van der Waals surface area contributed by atoms with Crippen LogP contribution in [-0.4, -0.2) is 26.8 Å². The number of hydrazine groups is 1. The van der Waals surface area contributed by atoms with Gasteiger partial charge in [-0.3, -0.25) is 20.4 Å². The molecule has 0 radical (unpaired) electrons. The first-order valence-electron chi connectivity index (χ1n) is 8.25. The van der Waals surface area contributed by atoms with Crippen molar-refractivity contribution < 1.29 is 9.59 Å². The third-order valence-electron chi connectivity index (χ3n) is 4.13. The van der Waals surface area contributed by atoms with Gasteiger partial charge in [0, 0.05) is 17.1 Å². The molecule has 7 heteroatoms. The Morgan fingerprint density at radius 2 is 1.58 bits per heavy atom. The molecule has 4 aromatic rings. The lowest BCUT2D eigenvalue weighted by Crippen LogP contribution is -2.43. The molecule has 0 bridgehead atoms. The van der Waals surface area contributed by atoms with E-state index in [4.69, 9.17) is 0 Å². The summed E-state index contributed by atoms with van der Waals surface area (Å²) in [6, 6.07) is 15.3. The van der Waals surface area contributed by atoms with Gasteiger partial charge in [-0.05, 0) is 23.8 Å². The number of hydrogen-bond donors (Lipinski definition) is 4. The van der Waals surface area contributed by atoms with Gasteiger partial charge in [-0.2, -0.15) is 0 Å². The highest BCUT2D eigenvalue weighted by atomic mass is 16.2. The number of aromatic amines is 2. The molecule has 0 spiro atoms. The van der Waals surface area contributed by atoms with Crippen molar-refractivity contribution in [1.29, 1.82) is 0 Å². The van der Waals surface area contributed by atoms with Crippen LogP contribution in [0, 0.1) is 0 Å². The van der Waals surface area contributed by atoms with E-state index in [9.17, 15) is 9.59 Å². The number of aromatic nitrogens is 3. The van der Waals surface area contributed by atoms with E-state index >= 15 is 0 Å². The highest BCUT2D eigenvalue weighted by Crippen LogP contribution is 2.17. The Bertz CT molecular complexity index is 1060. The van der Waals surface area contributed by atoms with Gasteiger partial charge in [-0.25, -0.2) is 4.98 Å². The summed E-state index contributed by atoms with van der Waals surface area (Å²) >= 11 is 0. The van der Waals surface area contributed by atoms with Crippen LogP contribution in [0.4, 0.5) is 0 Å². The van der Waals surface area contributed by atoms with Crippen LogP contribution in [0.1, 0.15) is 11.4 Å². The first-order valence-corrected chi connectivity index (χ1v) is 8.25. The van der Waals surface area contributed by atoms with Crippen LogP contribution in [0.2, 0.25) is 0 Å². The van der Waals surface area contributed by atoms with Crippen LogP contribution in [0.15, 0.2) is 54.7 Å². The molecular formula is C19H17N5O2. The second-order valence-corrected chi connectivity index (χ2v) is 6.01. The third-order valence-corrected chi connectivity index (χ3v) is 4.13. The van der Waals surface area contributed by atoms with Gasteiger partial charge in [0.05, 0.1) is 23.9 Å².